The van der Waals surface area contributed by atoms with Crippen LogP contribution < -0.4 is 5.32 Å². The number of nitrogens with zero attached hydrogens (tertiary/aromatic N) is 1. The number of aliphatic hydroxyl groups excluding tert-OH is 1. The zero-order valence-electron chi connectivity index (χ0n) is 10.1. The summed E-state index contributed by atoms with van der Waals surface area (Å²) < 4.78 is 0. The standard InChI is InChI=1S/C11H20N2O4/c1-2-4-9(10(15)16)12-11(17)13-6-3-5-8(14)7-13/h8-9,14H,2-7H2,1H3,(H,12,17)(H,15,16)/t8?,9-/m0/s1. The van der Waals surface area contributed by atoms with Crippen molar-refractivity contribution in [1.82, 2.24) is 10.2 Å². The van der Waals surface area contributed by atoms with Gasteiger partial charge in [-0.2, -0.15) is 0 Å². The van der Waals surface area contributed by atoms with Gasteiger partial charge in [-0.25, -0.2) is 9.59 Å². The van der Waals surface area contributed by atoms with Crippen LogP contribution in [0.2, 0.25) is 0 Å². The van der Waals surface area contributed by atoms with Crippen LogP contribution in [-0.2, 0) is 4.79 Å². The van der Waals surface area contributed by atoms with Crippen LogP contribution in [-0.4, -0.2) is 52.3 Å². The third kappa shape index (κ3) is 4.22. The van der Waals surface area contributed by atoms with Crippen molar-refractivity contribution < 1.29 is 19.8 Å². The molecule has 1 unspecified atom stereocenters. The van der Waals surface area contributed by atoms with Gasteiger partial charge in [0.05, 0.1) is 6.10 Å². The van der Waals surface area contributed by atoms with Crippen molar-refractivity contribution in [1.29, 1.82) is 0 Å². The number of piperidine rings is 1. The van der Waals surface area contributed by atoms with Gasteiger partial charge in [0.25, 0.3) is 0 Å². The summed E-state index contributed by atoms with van der Waals surface area (Å²) in [5.74, 6) is -1.02. The van der Waals surface area contributed by atoms with Crippen LogP contribution in [0.25, 0.3) is 0 Å². The van der Waals surface area contributed by atoms with E-state index in [-0.39, 0.29) is 6.54 Å². The fourth-order valence-corrected chi connectivity index (χ4v) is 1.93. The fourth-order valence-electron chi connectivity index (χ4n) is 1.93. The van der Waals surface area contributed by atoms with Crippen LogP contribution in [0.15, 0.2) is 0 Å². The highest BCUT2D eigenvalue weighted by atomic mass is 16.4. The summed E-state index contributed by atoms with van der Waals surface area (Å²) in [4.78, 5) is 24.1. The quantitative estimate of drug-likeness (QED) is 0.668. The maximum Gasteiger partial charge on any atom is 0.326 e. The number of carboxylic acids is 1. The van der Waals surface area contributed by atoms with E-state index < -0.39 is 24.1 Å². The summed E-state index contributed by atoms with van der Waals surface area (Å²) in [6.07, 6.45) is 2.06. The van der Waals surface area contributed by atoms with Gasteiger partial charge >= 0.3 is 12.0 Å². The predicted octanol–water partition coefficient (Wildman–Crippen LogP) is 0.406. The summed E-state index contributed by atoms with van der Waals surface area (Å²) in [5, 5.41) is 20.8. The number of carboxylic acid groups (broad SMARTS) is 1. The number of aliphatic carboxylic acids is 1. The van der Waals surface area contributed by atoms with Crippen molar-refractivity contribution in [2.45, 2.75) is 44.8 Å². The normalized spacial score (nSPS) is 22.0. The smallest absolute Gasteiger partial charge is 0.326 e. The first-order valence-corrected chi connectivity index (χ1v) is 6.01. The molecule has 2 atom stereocenters. The lowest BCUT2D eigenvalue weighted by atomic mass is 10.1. The Balaban J connectivity index is 2.48. The molecule has 3 N–H and O–H groups in total. The molecule has 0 aromatic carbocycles. The van der Waals surface area contributed by atoms with Crippen molar-refractivity contribution >= 4 is 12.0 Å². The number of carbonyl (C=O) groups excluding carboxylic acids is 1. The molecule has 17 heavy (non-hydrogen) atoms. The van der Waals surface area contributed by atoms with E-state index in [1.165, 1.54) is 4.90 Å². The van der Waals surface area contributed by atoms with Crippen molar-refractivity contribution in [3.05, 3.63) is 0 Å². The molecule has 0 aliphatic carbocycles. The first-order chi connectivity index (χ1) is 8.04. The Hall–Kier alpha value is -1.30. The Kier molecular flexibility index (Phi) is 5.21. The van der Waals surface area contributed by atoms with Crippen LogP contribution in [0.3, 0.4) is 0 Å². The molecule has 1 aliphatic rings. The van der Waals surface area contributed by atoms with Gasteiger partial charge in [-0.3, -0.25) is 0 Å². The lowest BCUT2D eigenvalue weighted by molar-refractivity contribution is -0.139. The molecule has 6 heteroatoms. The Morgan fingerprint density at radius 2 is 2.24 bits per heavy atom. The SMILES string of the molecule is CCC[C@H](NC(=O)N1CCCC(O)C1)C(=O)O. The van der Waals surface area contributed by atoms with Crippen molar-refractivity contribution in [2.24, 2.45) is 0 Å². The second-order valence-corrected chi connectivity index (χ2v) is 4.37. The van der Waals surface area contributed by atoms with E-state index in [0.717, 1.165) is 6.42 Å². The summed E-state index contributed by atoms with van der Waals surface area (Å²) in [6, 6.07) is -1.24. The molecule has 6 nitrogen and oxygen atoms in total. The molecule has 0 bridgehead atoms. The highest BCUT2D eigenvalue weighted by Crippen LogP contribution is 2.10. The molecule has 1 fully saturated rings. The lowest BCUT2D eigenvalue weighted by Gasteiger charge is -2.31. The number of β-amino-alcohol motifs (C(OH)–C–C–N with tert-alkyl or cyclic N) is 1. The van der Waals surface area contributed by atoms with Gasteiger partial charge in [-0.15, -0.1) is 0 Å². The molecule has 1 rings (SSSR count). The maximum absolute atomic E-state index is 11.8. The molecule has 0 spiro atoms. The van der Waals surface area contributed by atoms with E-state index in [1.54, 1.807) is 0 Å². The molecule has 0 aromatic heterocycles. The molecular formula is C11H20N2O4. The zero-order valence-corrected chi connectivity index (χ0v) is 10.1. The summed E-state index contributed by atoms with van der Waals surface area (Å²) in [7, 11) is 0. The Morgan fingerprint density at radius 3 is 2.76 bits per heavy atom. The minimum absolute atomic E-state index is 0.282. The first kappa shape index (κ1) is 13.8. The molecule has 1 saturated heterocycles. The molecule has 0 aromatic rings. The summed E-state index contributed by atoms with van der Waals surface area (Å²) >= 11 is 0. The number of hydrogen-bond acceptors (Lipinski definition) is 3. The minimum Gasteiger partial charge on any atom is -0.480 e. The second-order valence-electron chi connectivity index (χ2n) is 4.37. The molecule has 0 saturated carbocycles. The number of likely N-dealkylation sites (tertiary alicyclic amines) is 1. The summed E-state index contributed by atoms with van der Waals surface area (Å²) in [5.41, 5.74) is 0. The third-order valence-electron chi connectivity index (χ3n) is 2.86. The van der Waals surface area contributed by atoms with Crippen LogP contribution >= 0.6 is 0 Å². The van der Waals surface area contributed by atoms with Crippen molar-refractivity contribution in [3.63, 3.8) is 0 Å². The predicted molar refractivity (Wildman–Crippen MR) is 61.7 cm³/mol. The molecule has 1 heterocycles. The Labute approximate surface area is 101 Å². The number of urea groups is 1. The average Bonchev–Trinajstić information content (AvgIpc) is 2.28. The highest BCUT2D eigenvalue weighted by molar-refractivity contribution is 5.82. The highest BCUT2D eigenvalue weighted by Gasteiger charge is 2.25. The van der Waals surface area contributed by atoms with Crippen LogP contribution in [0.4, 0.5) is 4.79 Å². The molecule has 2 amide bonds. The largest absolute Gasteiger partial charge is 0.480 e. The topological polar surface area (TPSA) is 89.9 Å². The van der Waals surface area contributed by atoms with Gasteiger partial charge in [0, 0.05) is 13.1 Å². The van der Waals surface area contributed by atoms with Gasteiger partial charge in [-0.05, 0) is 19.3 Å². The zero-order chi connectivity index (χ0) is 12.8. The van der Waals surface area contributed by atoms with Crippen molar-refractivity contribution in [2.75, 3.05) is 13.1 Å². The van der Waals surface area contributed by atoms with Gasteiger partial charge in [0.1, 0.15) is 6.04 Å². The molecular weight excluding hydrogens is 224 g/mol. The number of hydrogen-bond donors (Lipinski definition) is 3. The number of carbonyl (C=O) groups is 2. The minimum atomic E-state index is -1.02. The Morgan fingerprint density at radius 1 is 1.53 bits per heavy atom. The number of aliphatic hydroxyl groups is 1. The van der Waals surface area contributed by atoms with E-state index in [4.69, 9.17) is 5.11 Å². The van der Waals surface area contributed by atoms with Gasteiger partial charge in [0.2, 0.25) is 0 Å². The molecule has 1 aliphatic heterocycles. The molecule has 0 radical (unpaired) electrons. The van der Waals surface area contributed by atoms with Crippen LogP contribution in [0.5, 0.6) is 0 Å². The van der Waals surface area contributed by atoms with E-state index >= 15 is 0 Å². The fraction of sp³-hybridized carbons (Fsp3) is 0.818. The van der Waals surface area contributed by atoms with E-state index in [1.807, 2.05) is 6.92 Å². The van der Waals surface area contributed by atoms with E-state index in [9.17, 15) is 14.7 Å². The maximum atomic E-state index is 11.8. The first-order valence-electron chi connectivity index (χ1n) is 6.01. The monoisotopic (exact) mass is 244 g/mol. The second kappa shape index (κ2) is 6.44. The van der Waals surface area contributed by atoms with Gasteiger partial charge in [-0.1, -0.05) is 13.3 Å². The van der Waals surface area contributed by atoms with E-state index in [2.05, 4.69) is 5.32 Å². The van der Waals surface area contributed by atoms with Gasteiger partial charge in [0.15, 0.2) is 0 Å². The van der Waals surface area contributed by atoms with E-state index in [0.29, 0.717) is 25.8 Å². The lowest BCUT2D eigenvalue weighted by Crippen LogP contribution is -2.51. The third-order valence-corrected chi connectivity index (χ3v) is 2.86. The van der Waals surface area contributed by atoms with Crippen LogP contribution in [0.1, 0.15) is 32.6 Å². The van der Waals surface area contributed by atoms with Crippen molar-refractivity contribution in [3.8, 4) is 0 Å². The molecule has 98 valence electrons. The summed E-state index contributed by atoms with van der Waals surface area (Å²) in [6.45, 7) is 2.72. The number of nitrogens with one attached hydrogen (secondary N) is 1. The van der Waals surface area contributed by atoms with Gasteiger partial charge < -0.3 is 20.4 Å². The number of amides is 2. The Bertz CT molecular complexity index is 283. The van der Waals surface area contributed by atoms with Crippen LogP contribution in [0, 0.1) is 0 Å². The average molecular weight is 244 g/mol. The number of rotatable bonds is 4.